The van der Waals surface area contributed by atoms with Gasteiger partial charge in [0.2, 0.25) is 0 Å². The zero-order valence-corrected chi connectivity index (χ0v) is 12.6. The quantitative estimate of drug-likeness (QED) is 0.839. The van der Waals surface area contributed by atoms with Crippen LogP contribution in [0.15, 0.2) is 18.3 Å². The highest BCUT2D eigenvalue weighted by atomic mass is 16.5. The fraction of sp³-hybridized carbons (Fsp3) is 0.688. The monoisotopic (exact) mass is 277 g/mol. The van der Waals surface area contributed by atoms with Crippen LogP contribution < -0.4 is 11.1 Å². The minimum Gasteiger partial charge on any atom is -0.383 e. The number of likely N-dealkylation sites (N-methyl/N-ethyl adjacent to an activating group) is 1. The van der Waals surface area contributed by atoms with E-state index in [4.69, 9.17) is 10.5 Å². The summed E-state index contributed by atoms with van der Waals surface area (Å²) in [5.74, 6) is 1.22. The van der Waals surface area contributed by atoms with Crippen LogP contribution in [0.1, 0.15) is 50.6 Å². The topological polar surface area (TPSA) is 60.2 Å². The van der Waals surface area contributed by atoms with E-state index in [1.54, 1.807) is 6.20 Å². The van der Waals surface area contributed by atoms with Crippen LogP contribution in [0.25, 0.3) is 0 Å². The van der Waals surface area contributed by atoms with Crippen molar-refractivity contribution in [3.63, 3.8) is 0 Å². The lowest BCUT2D eigenvalue weighted by Gasteiger charge is -2.35. The number of aromatic nitrogens is 1. The van der Waals surface area contributed by atoms with Crippen molar-refractivity contribution < 1.29 is 4.74 Å². The van der Waals surface area contributed by atoms with Crippen LogP contribution in [-0.4, -0.2) is 24.7 Å². The highest BCUT2D eigenvalue weighted by Crippen LogP contribution is 2.35. The van der Waals surface area contributed by atoms with Crippen LogP contribution in [0.2, 0.25) is 0 Å². The maximum absolute atomic E-state index is 6.07. The minimum absolute atomic E-state index is 0.127. The predicted octanol–water partition coefficient (Wildman–Crippen LogP) is 2.91. The number of nitrogens with two attached hydrogens (primary N) is 1. The zero-order chi connectivity index (χ0) is 14.4. The van der Waals surface area contributed by atoms with Crippen LogP contribution in [0, 0.1) is 5.92 Å². The van der Waals surface area contributed by atoms with Gasteiger partial charge in [0, 0.05) is 18.9 Å². The Morgan fingerprint density at radius 1 is 1.40 bits per heavy atom. The van der Waals surface area contributed by atoms with Gasteiger partial charge in [-0.3, -0.25) is 0 Å². The van der Waals surface area contributed by atoms with E-state index in [0.717, 1.165) is 12.1 Å². The van der Waals surface area contributed by atoms with Crippen molar-refractivity contribution in [3.8, 4) is 0 Å². The Labute approximate surface area is 122 Å². The highest BCUT2D eigenvalue weighted by Gasteiger charge is 2.32. The van der Waals surface area contributed by atoms with Crippen molar-refractivity contribution in [2.45, 2.75) is 51.2 Å². The van der Waals surface area contributed by atoms with Gasteiger partial charge < -0.3 is 15.8 Å². The molecule has 2 atom stereocenters. The minimum atomic E-state index is 0.127. The molecule has 0 amide bonds. The number of pyridine rings is 1. The third-order valence-corrected chi connectivity index (χ3v) is 4.35. The van der Waals surface area contributed by atoms with Crippen LogP contribution in [0.5, 0.6) is 0 Å². The van der Waals surface area contributed by atoms with Gasteiger partial charge in [-0.1, -0.05) is 32.3 Å². The maximum atomic E-state index is 6.07. The van der Waals surface area contributed by atoms with Gasteiger partial charge in [-0.05, 0) is 31.4 Å². The van der Waals surface area contributed by atoms with Gasteiger partial charge in [-0.15, -0.1) is 0 Å². The lowest BCUT2D eigenvalue weighted by molar-refractivity contribution is 0.00803. The zero-order valence-electron chi connectivity index (χ0n) is 12.6. The summed E-state index contributed by atoms with van der Waals surface area (Å²) in [4.78, 5) is 4.23. The molecule has 0 saturated heterocycles. The molecule has 1 aromatic rings. The van der Waals surface area contributed by atoms with Gasteiger partial charge >= 0.3 is 0 Å². The number of anilines is 1. The van der Waals surface area contributed by atoms with Crippen molar-refractivity contribution in [2.75, 3.05) is 19.4 Å². The van der Waals surface area contributed by atoms with E-state index in [9.17, 15) is 0 Å². The lowest BCUT2D eigenvalue weighted by Crippen LogP contribution is -2.39. The van der Waals surface area contributed by atoms with E-state index in [-0.39, 0.29) is 12.1 Å². The van der Waals surface area contributed by atoms with Crippen LogP contribution >= 0.6 is 0 Å². The van der Waals surface area contributed by atoms with E-state index in [2.05, 4.69) is 23.3 Å². The molecular weight excluding hydrogens is 250 g/mol. The third kappa shape index (κ3) is 3.49. The number of rotatable bonds is 6. The Bertz CT molecular complexity index is 404. The molecule has 1 aromatic heterocycles. The molecule has 112 valence electrons. The molecule has 2 unspecified atom stereocenters. The second-order valence-corrected chi connectivity index (χ2v) is 5.61. The summed E-state index contributed by atoms with van der Waals surface area (Å²) in [7, 11) is 1.82. The molecule has 1 heterocycles. The van der Waals surface area contributed by atoms with Crippen LogP contribution in [0.4, 0.5) is 5.82 Å². The van der Waals surface area contributed by atoms with Crippen molar-refractivity contribution >= 4 is 5.82 Å². The fourth-order valence-electron chi connectivity index (χ4n) is 3.38. The summed E-state index contributed by atoms with van der Waals surface area (Å²) in [5, 5.41) is 3.54. The third-order valence-electron chi connectivity index (χ3n) is 4.35. The smallest absolute Gasteiger partial charge is 0.128 e. The molecule has 0 radical (unpaired) electrons. The van der Waals surface area contributed by atoms with Crippen LogP contribution in [-0.2, 0) is 4.74 Å². The number of hydrogen-bond acceptors (Lipinski definition) is 4. The molecule has 0 aliphatic heterocycles. The van der Waals surface area contributed by atoms with Crippen LogP contribution in [0.3, 0.4) is 0 Å². The number of nitrogens with zero attached hydrogens (tertiary/aromatic N) is 1. The number of methoxy groups -OCH3 is 1. The van der Waals surface area contributed by atoms with Gasteiger partial charge in [0.05, 0.1) is 12.1 Å². The average molecular weight is 277 g/mol. The van der Waals surface area contributed by atoms with Crippen molar-refractivity contribution in [2.24, 2.45) is 5.92 Å². The van der Waals surface area contributed by atoms with Crippen molar-refractivity contribution in [1.82, 2.24) is 10.3 Å². The molecule has 20 heavy (non-hydrogen) atoms. The molecular formula is C16H27N3O. The molecule has 1 saturated carbocycles. The summed E-state index contributed by atoms with van der Waals surface area (Å²) < 4.78 is 5.87. The first kappa shape index (κ1) is 15.3. The standard InChI is InChI=1S/C16H27N3O/c1-3-18-14(13-10-7-11-19-16(13)17)15(20-2)12-8-5-4-6-9-12/h7,10-12,14-15,18H,3-6,8-9H2,1-2H3,(H2,17,19). The predicted molar refractivity (Wildman–Crippen MR) is 82.4 cm³/mol. The molecule has 0 aromatic carbocycles. The largest absolute Gasteiger partial charge is 0.383 e. The second-order valence-electron chi connectivity index (χ2n) is 5.61. The normalized spacial score (nSPS) is 19.7. The summed E-state index contributed by atoms with van der Waals surface area (Å²) in [6.45, 7) is 3.01. The Morgan fingerprint density at radius 2 is 2.15 bits per heavy atom. The fourth-order valence-corrected chi connectivity index (χ4v) is 3.38. The first-order chi connectivity index (χ1) is 9.77. The van der Waals surface area contributed by atoms with Crippen molar-refractivity contribution in [3.05, 3.63) is 23.9 Å². The Morgan fingerprint density at radius 3 is 2.75 bits per heavy atom. The maximum Gasteiger partial charge on any atom is 0.128 e. The number of hydrogen-bond donors (Lipinski definition) is 2. The Balaban J connectivity index is 2.23. The van der Waals surface area contributed by atoms with Gasteiger partial charge in [0.15, 0.2) is 0 Å². The number of nitrogen functional groups attached to an aromatic ring is 1. The molecule has 1 aliphatic rings. The van der Waals surface area contributed by atoms with E-state index >= 15 is 0 Å². The molecule has 0 spiro atoms. The van der Waals surface area contributed by atoms with E-state index in [1.807, 2.05) is 13.2 Å². The van der Waals surface area contributed by atoms with E-state index < -0.39 is 0 Å². The first-order valence-corrected chi connectivity index (χ1v) is 7.74. The van der Waals surface area contributed by atoms with Gasteiger partial charge in [0.1, 0.15) is 5.82 Å². The molecule has 4 heteroatoms. The molecule has 1 fully saturated rings. The van der Waals surface area contributed by atoms with Gasteiger partial charge in [-0.25, -0.2) is 4.98 Å². The molecule has 3 N–H and O–H groups in total. The second kappa shape index (κ2) is 7.60. The van der Waals surface area contributed by atoms with E-state index in [1.165, 1.54) is 32.1 Å². The van der Waals surface area contributed by atoms with E-state index in [0.29, 0.717) is 11.7 Å². The molecule has 4 nitrogen and oxygen atoms in total. The molecule has 1 aliphatic carbocycles. The van der Waals surface area contributed by atoms with Gasteiger partial charge in [0.25, 0.3) is 0 Å². The lowest BCUT2D eigenvalue weighted by atomic mass is 9.81. The first-order valence-electron chi connectivity index (χ1n) is 7.74. The Kier molecular flexibility index (Phi) is 5.80. The number of nitrogens with one attached hydrogen (secondary N) is 1. The van der Waals surface area contributed by atoms with Gasteiger partial charge in [-0.2, -0.15) is 0 Å². The summed E-state index contributed by atoms with van der Waals surface area (Å²) in [6.07, 6.45) is 8.39. The number of ether oxygens (including phenoxy) is 1. The summed E-state index contributed by atoms with van der Waals surface area (Å²) >= 11 is 0. The average Bonchev–Trinajstić information content (AvgIpc) is 2.49. The Hall–Kier alpha value is -1.13. The van der Waals surface area contributed by atoms with Crippen molar-refractivity contribution in [1.29, 1.82) is 0 Å². The highest BCUT2D eigenvalue weighted by molar-refractivity contribution is 5.41. The molecule has 0 bridgehead atoms. The summed E-state index contributed by atoms with van der Waals surface area (Å²) in [5.41, 5.74) is 7.13. The summed E-state index contributed by atoms with van der Waals surface area (Å²) in [6, 6.07) is 4.13. The molecule has 2 rings (SSSR count). The SMILES string of the molecule is CCNC(c1cccnc1N)C(OC)C1CCCCC1.